The molecule has 1 heterocycles. The molecule has 72 valence electrons. The van der Waals surface area contributed by atoms with E-state index in [9.17, 15) is 4.79 Å². The number of thiazole rings is 1. The topological polar surface area (TPSA) is 42.0 Å². The molecule has 0 bridgehead atoms. The van der Waals surface area contributed by atoms with E-state index in [-0.39, 0.29) is 5.91 Å². The normalized spacial score (nSPS) is 10.4. The molecule has 0 saturated carbocycles. The summed E-state index contributed by atoms with van der Waals surface area (Å²) in [4.78, 5) is 15.4. The molecule has 3 nitrogen and oxygen atoms in total. The van der Waals surface area contributed by atoms with Crippen molar-refractivity contribution in [1.82, 2.24) is 10.3 Å². The van der Waals surface area contributed by atoms with Crippen LogP contribution >= 0.6 is 22.9 Å². The SMILES string of the molecule is CNC(=O)c1ccc2sc(Cl)nc2c1. The molecule has 1 amide bonds. The second-order valence-corrected chi connectivity index (χ2v) is 4.34. The molecule has 0 fully saturated rings. The molecule has 0 unspecified atom stereocenters. The van der Waals surface area contributed by atoms with Gasteiger partial charge in [-0.15, -0.1) is 11.3 Å². The molecule has 2 aromatic rings. The van der Waals surface area contributed by atoms with E-state index < -0.39 is 0 Å². The maximum Gasteiger partial charge on any atom is 0.251 e. The second kappa shape index (κ2) is 3.55. The first-order chi connectivity index (χ1) is 6.70. The summed E-state index contributed by atoms with van der Waals surface area (Å²) in [6.45, 7) is 0. The molecule has 1 aromatic carbocycles. The first kappa shape index (κ1) is 9.43. The minimum absolute atomic E-state index is 0.115. The summed E-state index contributed by atoms with van der Waals surface area (Å²) in [6, 6.07) is 5.34. The zero-order valence-electron chi connectivity index (χ0n) is 7.37. The van der Waals surface area contributed by atoms with Gasteiger partial charge in [0.05, 0.1) is 10.2 Å². The molecular weight excluding hydrogens is 220 g/mol. The van der Waals surface area contributed by atoms with Gasteiger partial charge in [0.25, 0.3) is 5.91 Å². The van der Waals surface area contributed by atoms with Crippen LogP contribution in [0.2, 0.25) is 4.47 Å². The quantitative estimate of drug-likeness (QED) is 0.811. The van der Waals surface area contributed by atoms with Gasteiger partial charge in [-0.05, 0) is 18.2 Å². The van der Waals surface area contributed by atoms with Gasteiger partial charge in [-0.25, -0.2) is 4.98 Å². The van der Waals surface area contributed by atoms with Crippen molar-refractivity contribution in [2.75, 3.05) is 7.05 Å². The average molecular weight is 227 g/mol. The van der Waals surface area contributed by atoms with Crippen LogP contribution in [-0.4, -0.2) is 17.9 Å². The van der Waals surface area contributed by atoms with Crippen LogP contribution in [0.25, 0.3) is 10.2 Å². The van der Waals surface area contributed by atoms with Gasteiger partial charge in [-0.3, -0.25) is 4.79 Å². The summed E-state index contributed by atoms with van der Waals surface area (Å²) in [5, 5.41) is 2.56. The Morgan fingerprint density at radius 3 is 3.07 bits per heavy atom. The molecule has 14 heavy (non-hydrogen) atoms. The number of benzene rings is 1. The number of rotatable bonds is 1. The van der Waals surface area contributed by atoms with Gasteiger partial charge in [0.1, 0.15) is 0 Å². The smallest absolute Gasteiger partial charge is 0.251 e. The van der Waals surface area contributed by atoms with E-state index in [0.717, 1.165) is 10.2 Å². The lowest BCUT2D eigenvalue weighted by Gasteiger charge is -1.97. The first-order valence-electron chi connectivity index (χ1n) is 3.99. The molecule has 1 aromatic heterocycles. The molecule has 0 atom stereocenters. The zero-order chi connectivity index (χ0) is 10.1. The van der Waals surface area contributed by atoms with Crippen LogP contribution in [0.4, 0.5) is 0 Å². The summed E-state index contributed by atoms with van der Waals surface area (Å²) in [5.74, 6) is -0.115. The number of fused-ring (bicyclic) bond motifs is 1. The van der Waals surface area contributed by atoms with Crippen LogP contribution in [0, 0.1) is 0 Å². The maximum atomic E-state index is 11.3. The third-order valence-electron chi connectivity index (χ3n) is 1.85. The highest BCUT2D eigenvalue weighted by molar-refractivity contribution is 7.22. The molecule has 0 spiro atoms. The minimum atomic E-state index is -0.115. The average Bonchev–Trinajstić information content (AvgIpc) is 2.55. The number of halogens is 1. The van der Waals surface area contributed by atoms with Crippen LogP contribution in [0.3, 0.4) is 0 Å². The van der Waals surface area contributed by atoms with Crippen LogP contribution < -0.4 is 5.32 Å². The Kier molecular flexibility index (Phi) is 2.39. The lowest BCUT2D eigenvalue weighted by molar-refractivity contribution is 0.0963. The number of aromatic nitrogens is 1. The van der Waals surface area contributed by atoms with E-state index in [2.05, 4.69) is 10.3 Å². The molecule has 5 heteroatoms. The molecule has 0 aliphatic heterocycles. The summed E-state index contributed by atoms with van der Waals surface area (Å²) < 4.78 is 1.48. The Morgan fingerprint density at radius 2 is 2.36 bits per heavy atom. The fraction of sp³-hybridized carbons (Fsp3) is 0.111. The van der Waals surface area contributed by atoms with Gasteiger partial charge in [0.2, 0.25) is 0 Å². The predicted octanol–water partition coefficient (Wildman–Crippen LogP) is 2.31. The number of hydrogen-bond donors (Lipinski definition) is 1. The third-order valence-corrected chi connectivity index (χ3v) is 2.99. The second-order valence-electron chi connectivity index (χ2n) is 2.73. The summed E-state index contributed by atoms with van der Waals surface area (Å²) >= 11 is 7.16. The largest absolute Gasteiger partial charge is 0.355 e. The molecule has 0 radical (unpaired) electrons. The van der Waals surface area contributed by atoms with E-state index in [4.69, 9.17) is 11.6 Å². The Hall–Kier alpha value is -1.13. The highest BCUT2D eigenvalue weighted by Crippen LogP contribution is 2.26. The predicted molar refractivity (Wildman–Crippen MR) is 58.0 cm³/mol. The maximum absolute atomic E-state index is 11.3. The molecular formula is C9H7ClN2OS. The highest BCUT2D eigenvalue weighted by atomic mass is 35.5. The summed E-state index contributed by atoms with van der Waals surface area (Å²) in [7, 11) is 1.60. The number of nitrogens with one attached hydrogen (secondary N) is 1. The van der Waals surface area contributed by atoms with E-state index in [1.807, 2.05) is 6.07 Å². The number of carbonyl (C=O) groups excluding carboxylic acids is 1. The van der Waals surface area contributed by atoms with E-state index in [0.29, 0.717) is 10.0 Å². The van der Waals surface area contributed by atoms with Gasteiger partial charge >= 0.3 is 0 Å². The van der Waals surface area contributed by atoms with Gasteiger partial charge in [-0.2, -0.15) is 0 Å². The lowest BCUT2D eigenvalue weighted by atomic mass is 10.2. The fourth-order valence-electron chi connectivity index (χ4n) is 1.18. The Balaban J connectivity index is 2.55. The minimum Gasteiger partial charge on any atom is -0.355 e. The monoisotopic (exact) mass is 226 g/mol. The Labute approximate surface area is 89.7 Å². The van der Waals surface area contributed by atoms with Gasteiger partial charge < -0.3 is 5.32 Å². The van der Waals surface area contributed by atoms with Crippen LogP contribution in [0.15, 0.2) is 18.2 Å². The number of hydrogen-bond acceptors (Lipinski definition) is 3. The van der Waals surface area contributed by atoms with Crippen molar-refractivity contribution >= 4 is 39.1 Å². The van der Waals surface area contributed by atoms with Gasteiger partial charge in [0.15, 0.2) is 4.47 Å². The number of amides is 1. The van der Waals surface area contributed by atoms with Crippen molar-refractivity contribution in [2.24, 2.45) is 0 Å². The van der Waals surface area contributed by atoms with E-state index in [1.165, 1.54) is 11.3 Å². The molecule has 0 aliphatic carbocycles. The van der Waals surface area contributed by atoms with E-state index in [1.54, 1.807) is 19.2 Å². The standard InChI is InChI=1S/C9H7ClN2OS/c1-11-8(13)5-2-3-7-6(4-5)12-9(10)14-7/h2-4H,1H3,(H,11,13). The fourth-order valence-corrected chi connectivity index (χ4v) is 2.20. The van der Waals surface area contributed by atoms with Crippen molar-refractivity contribution in [3.05, 3.63) is 28.2 Å². The Morgan fingerprint density at radius 1 is 1.57 bits per heavy atom. The Bertz CT molecular complexity index is 495. The summed E-state index contributed by atoms with van der Waals surface area (Å²) in [6.07, 6.45) is 0. The van der Waals surface area contributed by atoms with E-state index >= 15 is 0 Å². The molecule has 1 N–H and O–H groups in total. The molecule has 0 aliphatic rings. The van der Waals surface area contributed by atoms with Crippen molar-refractivity contribution in [1.29, 1.82) is 0 Å². The van der Waals surface area contributed by atoms with Crippen molar-refractivity contribution in [3.8, 4) is 0 Å². The number of carbonyl (C=O) groups is 1. The van der Waals surface area contributed by atoms with Crippen molar-refractivity contribution < 1.29 is 4.79 Å². The number of nitrogens with zero attached hydrogens (tertiary/aromatic N) is 1. The summed E-state index contributed by atoms with van der Waals surface area (Å²) in [5.41, 5.74) is 1.36. The van der Waals surface area contributed by atoms with Gasteiger partial charge in [0, 0.05) is 12.6 Å². The van der Waals surface area contributed by atoms with Crippen LogP contribution in [-0.2, 0) is 0 Å². The van der Waals surface area contributed by atoms with Crippen LogP contribution in [0.5, 0.6) is 0 Å². The first-order valence-corrected chi connectivity index (χ1v) is 5.18. The third kappa shape index (κ3) is 1.58. The van der Waals surface area contributed by atoms with Crippen molar-refractivity contribution in [2.45, 2.75) is 0 Å². The zero-order valence-corrected chi connectivity index (χ0v) is 8.95. The molecule has 2 rings (SSSR count). The molecule has 0 saturated heterocycles. The van der Waals surface area contributed by atoms with Crippen molar-refractivity contribution in [3.63, 3.8) is 0 Å². The van der Waals surface area contributed by atoms with Crippen LogP contribution in [0.1, 0.15) is 10.4 Å². The van der Waals surface area contributed by atoms with Gasteiger partial charge in [-0.1, -0.05) is 11.6 Å². The highest BCUT2D eigenvalue weighted by Gasteiger charge is 2.06. The lowest BCUT2D eigenvalue weighted by Crippen LogP contribution is -2.17.